The predicted octanol–water partition coefficient (Wildman–Crippen LogP) is 2.28. The van der Waals surface area contributed by atoms with Gasteiger partial charge < -0.3 is 4.74 Å². The van der Waals surface area contributed by atoms with Crippen LogP contribution in [0.2, 0.25) is 5.02 Å². The largest absolute Gasteiger partial charge is 0.497 e. The number of hydrogen-bond acceptors (Lipinski definition) is 4. The molecular weight excluding hydrogens is 295 g/mol. The van der Waals surface area contributed by atoms with Gasteiger partial charge in [-0.2, -0.15) is 5.10 Å². The lowest BCUT2D eigenvalue weighted by Gasteiger charge is -2.18. The molecule has 3 N–H and O–H groups in total. The van der Waals surface area contributed by atoms with Crippen LogP contribution in [0.3, 0.4) is 0 Å². The number of halogens is 2. The van der Waals surface area contributed by atoms with E-state index in [1.54, 1.807) is 23.9 Å². The number of nitrogens with two attached hydrogens (primary N) is 1. The summed E-state index contributed by atoms with van der Waals surface area (Å²) >= 11 is 6.22. The van der Waals surface area contributed by atoms with Crippen LogP contribution in [0.5, 0.6) is 5.75 Å². The van der Waals surface area contributed by atoms with Crippen LogP contribution >= 0.6 is 11.6 Å². The highest BCUT2D eigenvalue weighted by Gasteiger charge is 2.20. The maximum absolute atomic E-state index is 14.2. The first kappa shape index (κ1) is 15.8. The predicted molar refractivity (Wildman–Crippen MR) is 79.7 cm³/mol. The molecule has 2 rings (SSSR count). The molecule has 0 aliphatic heterocycles. The number of methoxy groups -OCH3 is 1. The molecule has 0 fully saturated rings. The number of benzene rings is 1. The van der Waals surface area contributed by atoms with Gasteiger partial charge in [-0.05, 0) is 13.0 Å². The van der Waals surface area contributed by atoms with Crippen LogP contribution in [-0.2, 0) is 13.5 Å². The van der Waals surface area contributed by atoms with Crippen molar-refractivity contribution in [1.82, 2.24) is 15.2 Å². The summed E-state index contributed by atoms with van der Waals surface area (Å²) in [6.45, 7) is 1.82. The van der Waals surface area contributed by atoms with Crippen LogP contribution in [0.4, 0.5) is 4.39 Å². The lowest BCUT2D eigenvalue weighted by molar-refractivity contribution is 0.409. The third-order valence-electron chi connectivity index (χ3n) is 3.44. The number of ether oxygens (including phenoxy) is 1. The van der Waals surface area contributed by atoms with E-state index in [2.05, 4.69) is 10.5 Å². The highest BCUT2D eigenvalue weighted by atomic mass is 35.5. The molecule has 0 radical (unpaired) electrons. The van der Waals surface area contributed by atoms with Crippen molar-refractivity contribution in [2.75, 3.05) is 7.11 Å². The molecule has 0 aliphatic rings. The van der Waals surface area contributed by atoms with Crippen molar-refractivity contribution in [3.05, 3.63) is 46.0 Å². The van der Waals surface area contributed by atoms with Gasteiger partial charge in [-0.15, -0.1) is 0 Å². The van der Waals surface area contributed by atoms with E-state index in [9.17, 15) is 4.39 Å². The van der Waals surface area contributed by atoms with Gasteiger partial charge in [0.1, 0.15) is 11.6 Å². The summed E-state index contributed by atoms with van der Waals surface area (Å²) < 4.78 is 20.8. The molecule has 1 aromatic carbocycles. The fourth-order valence-electron chi connectivity index (χ4n) is 2.27. The Morgan fingerprint density at radius 1 is 1.52 bits per heavy atom. The van der Waals surface area contributed by atoms with E-state index in [-0.39, 0.29) is 5.82 Å². The summed E-state index contributed by atoms with van der Waals surface area (Å²) in [6, 6.07) is 4.26. The molecule has 21 heavy (non-hydrogen) atoms. The van der Waals surface area contributed by atoms with E-state index in [4.69, 9.17) is 22.2 Å². The summed E-state index contributed by atoms with van der Waals surface area (Å²) in [5.74, 6) is 5.66. The fraction of sp³-hybridized carbons (Fsp3) is 0.357. The zero-order valence-corrected chi connectivity index (χ0v) is 12.9. The average Bonchev–Trinajstić information content (AvgIpc) is 2.70. The zero-order chi connectivity index (χ0) is 15.6. The Morgan fingerprint density at radius 3 is 2.71 bits per heavy atom. The van der Waals surface area contributed by atoms with Crippen molar-refractivity contribution in [1.29, 1.82) is 0 Å². The first-order valence-electron chi connectivity index (χ1n) is 6.45. The lowest BCUT2D eigenvalue weighted by atomic mass is 10.0. The van der Waals surface area contributed by atoms with Crippen LogP contribution in [0.1, 0.15) is 23.0 Å². The molecule has 0 amide bonds. The minimum atomic E-state index is -0.414. The van der Waals surface area contributed by atoms with Gasteiger partial charge in [-0.25, -0.2) is 4.39 Å². The van der Waals surface area contributed by atoms with Crippen LogP contribution < -0.4 is 16.0 Å². The third-order valence-corrected chi connectivity index (χ3v) is 3.93. The highest BCUT2D eigenvalue weighted by Crippen LogP contribution is 2.28. The highest BCUT2D eigenvalue weighted by molar-refractivity contribution is 6.31. The quantitative estimate of drug-likeness (QED) is 0.656. The van der Waals surface area contributed by atoms with E-state index < -0.39 is 6.04 Å². The van der Waals surface area contributed by atoms with Crippen LogP contribution in [0, 0.1) is 12.7 Å². The van der Waals surface area contributed by atoms with Gasteiger partial charge in [0.05, 0.1) is 29.6 Å². The molecule has 0 aliphatic carbocycles. The van der Waals surface area contributed by atoms with Crippen molar-refractivity contribution in [3.8, 4) is 5.75 Å². The van der Waals surface area contributed by atoms with Crippen LogP contribution in [-0.4, -0.2) is 16.9 Å². The van der Waals surface area contributed by atoms with Gasteiger partial charge in [0.2, 0.25) is 0 Å². The molecule has 0 saturated carbocycles. The fourth-order valence-corrected chi connectivity index (χ4v) is 2.51. The first-order valence-corrected chi connectivity index (χ1v) is 6.83. The minimum absolute atomic E-state index is 0.382. The van der Waals surface area contributed by atoms with Crippen molar-refractivity contribution >= 4 is 11.6 Å². The van der Waals surface area contributed by atoms with Gasteiger partial charge in [0.25, 0.3) is 0 Å². The second-order valence-corrected chi connectivity index (χ2v) is 5.16. The second-order valence-electron chi connectivity index (χ2n) is 4.78. The summed E-state index contributed by atoms with van der Waals surface area (Å²) in [5.41, 5.74) is 4.62. The molecule has 1 heterocycles. The molecule has 1 atom stereocenters. The number of nitrogens with zero attached hydrogens (tertiary/aromatic N) is 2. The Balaban J connectivity index is 2.32. The number of aryl methyl sites for hydroxylation is 2. The lowest BCUT2D eigenvalue weighted by Crippen LogP contribution is -2.31. The number of rotatable bonds is 5. The molecule has 1 aromatic heterocycles. The van der Waals surface area contributed by atoms with Gasteiger partial charge in [0, 0.05) is 25.1 Å². The molecule has 114 valence electrons. The zero-order valence-electron chi connectivity index (χ0n) is 12.2. The van der Waals surface area contributed by atoms with Crippen LogP contribution in [0.25, 0.3) is 0 Å². The molecule has 1 unspecified atom stereocenters. The number of hydrogen-bond donors (Lipinski definition) is 2. The summed E-state index contributed by atoms with van der Waals surface area (Å²) in [6.07, 6.45) is 0.427. The summed E-state index contributed by atoms with van der Waals surface area (Å²) in [7, 11) is 3.29. The molecule has 0 spiro atoms. The van der Waals surface area contributed by atoms with Crippen molar-refractivity contribution in [2.45, 2.75) is 19.4 Å². The van der Waals surface area contributed by atoms with Gasteiger partial charge in [-0.1, -0.05) is 17.7 Å². The summed E-state index contributed by atoms with van der Waals surface area (Å²) in [4.78, 5) is 0. The Labute approximate surface area is 127 Å². The van der Waals surface area contributed by atoms with Crippen LogP contribution in [0.15, 0.2) is 18.2 Å². The third kappa shape index (κ3) is 3.18. The van der Waals surface area contributed by atoms with Crippen molar-refractivity contribution in [2.24, 2.45) is 12.9 Å². The SMILES string of the molecule is COc1ccc(C(Cc2c(Cl)c(C)nn2C)NN)c(F)c1. The average molecular weight is 313 g/mol. The van der Waals surface area contributed by atoms with Gasteiger partial charge in [0.15, 0.2) is 0 Å². The second kappa shape index (κ2) is 6.43. The Bertz CT molecular complexity index is 644. The molecule has 7 heteroatoms. The van der Waals surface area contributed by atoms with E-state index in [0.717, 1.165) is 11.4 Å². The maximum Gasteiger partial charge on any atom is 0.131 e. The first-order chi connectivity index (χ1) is 9.97. The molecule has 0 saturated heterocycles. The minimum Gasteiger partial charge on any atom is -0.497 e. The summed E-state index contributed by atoms with van der Waals surface area (Å²) in [5, 5.41) is 4.82. The Morgan fingerprint density at radius 2 is 2.24 bits per heavy atom. The van der Waals surface area contributed by atoms with Crippen molar-refractivity contribution < 1.29 is 9.13 Å². The Kier molecular flexibility index (Phi) is 4.82. The standard InChI is InChI=1S/C14H18ClFN4O/c1-8-14(15)13(20(2)19-8)7-12(18-17)10-5-4-9(21-3)6-11(10)16/h4-6,12,18H,7,17H2,1-3H3. The van der Waals surface area contributed by atoms with Gasteiger partial charge in [-0.3, -0.25) is 16.0 Å². The monoisotopic (exact) mass is 312 g/mol. The van der Waals surface area contributed by atoms with E-state index in [0.29, 0.717) is 22.8 Å². The van der Waals surface area contributed by atoms with E-state index in [1.165, 1.54) is 13.2 Å². The Hall–Kier alpha value is -1.63. The van der Waals surface area contributed by atoms with E-state index in [1.807, 2.05) is 6.92 Å². The molecule has 5 nitrogen and oxygen atoms in total. The number of nitrogens with one attached hydrogen (secondary N) is 1. The maximum atomic E-state index is 14.2. The van der Waals surface area contributed by atoms with E-state index >= 15 is 0 Å². The molecule has 0 bridgehead atoms. The number of aromatic nitrogens is 2. The normalized spacial score (nSPS) is 12.5. The van der Waals surface area contributed by atoms with Crippen molar-refractivity contribution in [3.63, 3.8) is 0 Å². The smallest absolute Gasteiger partial charge is 0.131 e. The van der Waals surface area contributed by atoms with Gasteiger partial charge >= 0.3 is 0 Å². The molecule has 2 aromatic rings. The number of hydrazine groups is 1. The topological polar surface area (TPSA) is 65.1 Å². The molecular formula is C14H18ClFN4O.